The number of alkyl halides is 2. The van der Waals surface area contributed by atoms with Gasteiger partial charge in [0.25, 0.3) is 5.56 Å². The maximum absolute atomic E-state index is 13.0. The summed E-state index contributed by atoms with van der Waals surface area (Å²) in [5, 5.41) is 4.60. The van der Waals surface area contributed by atoms with Gasteiger partial charge in [0.05, 0.1) is 18.8 Å². The van der Waals surface area contributed by atoms with Gasteiger partial charge in [0.2, 0.25) is 11.7 Å². The molecule has 1 aliphatic rings. The molecule has 0 unspecified atom stereocenters. The van der Waals surface area contributed by atoms with Crippen LogP contribution in [-0.4, -0.2) is 33.4 Å². The number of benzene rings is 1. The summed E-state index contributed by atoms with van der Waals surface area (Å²) < 4.78 is 41.3. The molecule has 3 aromatic heterocycles. The first kappa shape index (κ1) is 19.6. The van der Waals surface area contributed by atoms with Crippen molar-refractivity contribution < 1.29 is 22.8 Å². The van der Waals surface area contributed by atoms with Crippen LogP contribution in [0.4, 0.5) is 8.78 Å². The molecule has 4 aromatic rings. The highest BCUT2D eigenvalue weighted by molar-refractivity contribution is 7.18. The van der Waals surface area contributed by atoms with Crippen molar-refractivity contribution in [2.75, 3.05) is 7.11 Å². The highest BCUT2D eigenvalue weighted by Gasteiger charge is 2.22. The van der Waals surface area contributed by atoms with Gasteiger partial charge in [0.15, 0.2) is 11.5 Å². The van der Waals surface area contributed by atoms with Gasteiger partial charge in [-0.25, -0.2) is 4.98 Å². The summed E-state index contributed by atoms with van der Waals surface area (Å²) in [5.41, 5.74) is 1.47. The molecular weight excluding hydrogens is 430 g/mol. The van der Waals surface area contributed by atoms with Crippen LogP contribution >= 0.6 is 11.3 Å². The van der Waals surface area contributed by atoms with Crippen molar-refractivity contribution in [1.29, 1.82) is 0 Å². The Morgan fingerprint density at radius 3 is 2.97 bits per heavy atom. The molecule has 0 aliphatic heterocycles. The smallest absolute Gasteiger partial charge is 0.387 e. The number of aromatic nitrogens is 4. The van der Waals surface area contributed by atoms with Crippen molar-refractivity contribution in [1.82, 2.24) is 19.7 Å². The monoisotopic (exact) mass is 446 g/mol. The first-order chi connectivity index (χ1) is 15.0. The molecule has 0 saturated heterocycles. The SMILES string of the molecule is COc1cc(-c2noc(Cn3cnc4sc5c(c4c3=O)CCC5)n2)ccc1OC(F)F. The average Bonchev–Trinajstić information content (AvgIpc) is 3.46. The summed E-state index contributed by atoms with van der Waals surface area (Å²) in [5.74, 6) is 0.466. The molecule has 1 aliphatic carbocycles. The lowest BCUT2D eigenvalue weighted by Crippen LogP contribution is -2.21. The van der Waals surface area contributed by atoms with Crippen LogP contribution in [0.15, 0.2) is 33.8 Å². The largest absolute Gasteiger partial charge is 0.493 e. The lowest BCUT2D eigenvalue weighted by Gasteiger charge is -2.10. The molecule has 11 heteroatoms. The van der Waals surface area contributed by atoms with E-state index in [1.807, 2.05) is 0 Å². The van der Waals surface area contributed by atoms with Crippen LogP contribution in [0.1, 0.15) is 22.8 Å². The molecule has 1 aromatic carbocycles. The van der Waals surface area contributed by atoms with E-state index >= 15 is 0 Å². The zero-order valence-corrected chi connectivity index (χ0v) is 17.1. The Hall–Kier alpha value is -3.34. The molecule has 0 radical (unpaired) electrons. The van der Waals surface area contributed by atoms with Gasteiger partial charge >= 0.3 is 6.61 Å². The second kappa shape index (κ2) is 7.73. The number of fused-ring (bicyclic) bond motifs is 3. The Labute approximate surface area is 178 Å². The number of methoxy groups -OCH3 is 1. The topological polar surface area (TPSA) is 92.3 Å². The molecular formula is C20H16F2N4O4S. The van der Waals surface area contributed by atoms with Gasteiger partial charge < -0.3 is 14.0 Å². The van der Waals surface area contributed by atoms with Crippen LogP contribution in [0.2, 0.25) is 0 Å². The van der Waals surface area contributed by atoms with Crippen LogP contribution < -0.4 is 15.0 Å². The van der Waals surface area contributed by atoms with Gasteiger partial charge in [-0.05, 0) is 43.0 Å². The van der Waals surface area contributed by atoms with Crippen molar-refractivity contribution in [3.63, 3.8) is 0 Å². The molecule has 0 spiro atoms. The van der Waals surface area contributed by atoms with Gasteiger partial charge in [-0.3, -0.25) is 9.36 Å². The van der Waals surface area contributed by atoms with E-state index in [1.165, 1.54) is 41.1 Å². The Morgan fingerprint density at radius 2 is 2.16 bits per heavy atom. The molecule has 0 saturated carbocycles. The molecule has 0 N–H and O–H groups in total. The van der Waals surface area contributed by atoms with Crippen LogP contribution in [0.5, 0.6) is 11.5 Å². The zero-order chi connectivity index (χ0) is 21.5. The fourth-order valence-corrected chi connectivity index (χ4v) is 4.93. The van der Waals surface area contributed by atoms with E-state index in [4.69, 9.17) is 9.26 Å². The standard InChI is InChI=1S/C20H16F2N4O4S/c1-28-13-7-10(5-6-12(13)29-20(21)22)17-24-15(30-25-17)8-26-9-23-18-16(19(26)27)11-3-2-4-14(11)31-18/h5-7,9,20H,2-4,8H2,1H3. The van der Waals surface area contributed by atoms with E-state index in [-0.39, 0.29) is 35.3 Å². The molecule has 0 bridgehead atoms. The Morgan fingerprint density at radius 1 is 1.29 bits per heavy atom. The summed E-state index contributed by atoms with van der Waals surface area (Å²) in [7, 11) is 1.34. The number of thiophene rings is 1. The van der Waals surface area contributed by atoms with E-state index in [9.17, 15) is 13.6 Å². The zero-order valence-electron chi connectivity index (χ0n) is 16.3. The predicted octanol–water partition coefficient (Wildman–Crippen LogP) is 3.66. The number of hydrogen-bond donors (Lipinski definition) is 0. The van der Waals surface area contributed by atoms with Crippen molar-refractivity contribution in [2.45, 2.75) is 32.4 Å². The minimum atomic E-state index is -2.97. The molecule has 0 atom stereocenters. The average molecular weight is 446 g/mol. The van der Waals surface area contributed by atoms with Crippen molar-refractivity contribution >= 4 is 21.6 Å². The van der Waals surface area contributed by atoms with Crippen molar-refractivity contribution in [3.8, 4) is 22.9 Å². The van der Waals surface area contributed by atoms with Crippen LogP contribution in [0, 0.1) is 0 Å². The highest BCUT2D eigenvalue weighted by Crippen LogP contribution is 2.35. The predicted molar refractivity (Wildman–Crippen MR) is 108 cm³/mol. The molecule has 160 valence electrons. The molecule has 5 rings (SSSR count). The quantitative estimate of drug-likeness (QED) is 0.446. The third-order valence-electron chi connectivity index (χ3n) is 5.10. The van der Waals surface area contributed by atoms with Crippen LogP contribution in [0.25, 0.3) is 21.6 Å². The maximum atomic E-state index is 13.0. The number of rotatable bonds is 6. The van der Waals surface area contributed by atoms with Gasteiger partial charge in [-0.2, -0.15) is 13.8 Å². The second-order valence-corrected chi connectivity index (χ2v) is 8.05. The van der Waals surface area contributed by atoms with Crippen LogP contribution in [-0.2, 0) is 19.4 Å². The maximum Gasteiger partial charge on any atom is 0.387 e. The number of nitrogens with zero attached hydrogens (tertiary/aromatic N) is 4. The lowest BCUT2D eigenvalue weighted by molar-refractivity contribution is -0.0512. The molecule has 0 fully saturated rings. The fraction of sp³-hybridized carbons (Fsp3) is 0.300. The normalized spacial score (nSPS) is 13.2. The number of hydrogen-bond acceptors (Lipinski definition) is 8. The van der Waals surface area contributed by atoms with Crippen molar-refractivity contribution in [3.05, 3.63) is 51.2 Å². The van der Waals surface area contributed by atoms with E-state index in [1.54, 1.807) is 11.3 Å². The summed E-state index contributed by atoms with van der Waals surface area (Å²) in [4.78, 5) is 23.7. The first-order valence-corrected chi connectivity index (χ1v) is 10.3. The third-order valence-corrected chi connectivity index (χ3v) is 6.30. The van der Waals surface area contributed by atoms with Gasteiger partial charge in [-0.15, -0.1) is 11.3 Å². The van der Waals surface area contributed by atoms with Crippen LogP contribution in [0.3, 0.4) is 0 Å². The van der Waals surface area contributed by atoms with E-state index < -0.39 is 6.61 Å². The fourth-order valence-electron chi connectivity index (χ4n) is 3.71. The third kappa shape index (κ3) is 3.54. The van der Waals surface area contributed by atoms with Gasteiger partial charge in [0.1, 0.15) is 11.4 Å². The lowest BCUT2D eigenvalue weighted by atomic mass is 10.2. The second-order valence-electron chi connectivity index (χ2n) is 6.97. The number of halogens is 2. The number of aryl methyl sites for hydroxylation is 2. The molecule has 0 amide bonds. The van der Waals surface area contributed by atoms with Crippen molar-refractivity contribution in [2.24, 2.45) is 0 Å². The molecule has 3 heterocycles. The highest BCUT2D eigenvalue weighted by atomic mass is 32.1. The molecule has 31 heavy (non-hydrogen) atoms. The summed E-state index contributed by atoms with van der Waals surface area (Å²) >= 11 is 1.58. The summed E-state index contributed by atoms with van der Waals surface area (Å²) in [6.45, 7) is -2.89. The van der Waals surface area contributed by atoms with Gasteiger partial charge in [-0.1, -0.05) is 5.16 Å². The number of ether oxygens (including phenoxy) is 2. The van der Waals surface area contributed by atoms with E-state index in [0.717, 1.165) is 29.7 Å². The molecule has 8 nitrogen and oxygen atoms in total. The van der Waals surface area contributed by atoms with Gasteiger partial charge in [0, 0.05) is 10.4 Å². The first-order valence-electron chi connectivity index (χ1n) is 9.49. The van der Waals surface area contributed by atoms with E-state index in [0.29, 0.717) is 10.9 Å². The van der Waals surface area contributed by atoms with E-state index in [2.05, 4.69) is 19.9 Å². The summed E-state index contributed by atoms with van der Waals surface area (Å²) in [6.07, 6.45) is 4.43. The minimum Gasteiger partial charge on any atom is -0.493 e. The Balaban J connectivity index is 1.43. The Bertz CT molecular complexity index is 1330. The Kier molecular flexibility index (Phi) is 4.89. The summed E-state index contributed by atoms with van der Waals surface area (Å²) in [6, 6.07) is 4.33. The minimum absolute atomic E-state index is 0.0725.